The average molecular weight is 393 g/mol. The number of amides is 2. The van der Waals surface area contributed by atoms with Gasteiger partial charge in [0.25, 0.3) is 5.91 Å². The number of cyclic esters (lactones) is 1. The van der Waals surface area contributed by atoms with Crippen LogP contribution in [0.25, 0.3) is 10.9 Å². The number of hydrogen-bond donors (Lipinski definition) is 1. The van der Waals surface area contributed by atoms with Crippen LogP contribution in [0, 0.1) is 5.41 Å². The van der Waals surface area contributed by atoms with Crippen LogP contribution in [0.2, 0.25) is 0 Å². The molecule has 29 heavy (non-hydrogen) atoms. The van der Waals surface area contributed by atoms with E-state index in [9.17, 15) is 9.59 Å². The van der Waals surface area contributed by atoms with Gasteiger partial charge in [0, 0.05) is 29.4 Å². The molecule has 0 bridgehead atoms. The molecule has 0 atom stereocenters. The van der Waals surface area contributed by atoms with Gasteiger partial charge >= 0.3 is 6.09 Å². The molecule has 5 rings (SSSR count). The lowest BCUT2D eigenvalue weighted by Crippen LogP contribution is -2.48. The molecule has 8 heteroatoms. The first-order chi connectivity index (χ1) is 13.9. The van der Waals surface area contributed by atoms with Crippen molar-refractivity contribution in [1.29, 1.82) is 0 Å². The Kier molecular flexibility index (Phi) is 3.90. The number of fused-ring (bicyclic) bond motifs is 2. The van der Waals surface area contributed by atoms with Crippen molar-refractivity contribution in [3.63, 3.8) is 0 Å². The Bertz CT molecular complexity index is 1080. The summed E-state index contributed by atoms with van der Waals surface area (Å²) < 4.78 is 7.24. The molecule has 1 fully saturated rings. The van der Waals surface area contributed by atoms with Gasteiger partial charge in [-0.05, 0) is 12.1 Å². The molecule has 1 aromatic carbocycles. The van der Waals surface area contributed by atoms with E-state index < -0.39 is 0 Å². The van der Waals surface area contributed by atoms with Crippen molar-refractivity contribution >= 4 is 28.6 Å². The number of aromatic nitrogens is 3. The lowest BCUT2D eigenvalue weighted by atomic mass is 9.93. The molecule has 3 aromatic rings. The molecule has 2 aliphatic heterocycles. The Balaban J connectivity index is 1.42. The first-order valence-corrected chi connectivity index (χ1v) is 9.77. The highest BCUT2D eigenvalue weighted by Crippen LogP contribution is 2.32. The standard InChI is InChI=1S/C21H23N5O3/c1-21(2)12-25(20(28)29-13-21)17-10-22-26-8-7-24(11-18(17)26)19(27)16-9-14-5-3-4-6-15(14)23-16/h3-6,9-10,23H,7-8,11-13H2,1-2H3. The van der Waals surface area contributed by atoms with Crippen molar-refractivity contribution < 1.29 is 14.3 Å². The Labute approximate surface area is 168 Å². The molecular formula is C21H23N5O3. The molecule has 150 valence electrons. The van der Waals surface area contributed by atoms with E-state index in [0.717, 1.165) is 22.3 Å². The zero-order valence-electron chi connectivity index (χ0n) is 16.5. The van der Waals surface area contributed by atoms with Gasteiger partial charge < -0.3 is 14.6 Å². The van der Waals surface area contributed by atoms with Crippen molar-refractivity contribution in [1.82, 2.24) is 19.7 Å². The molecule has 4 heterocycles. The van der Waals surface area contributed by atoms with Gasteiger partial charge in [-0.2, -0.15) is 5.10 Å². The van der Waals surface area contributed by atoms with E-state index in [1.807, 2.05) is 35.0 Å². The summed E-state index contributed by atoms with van der Waals surface area (Å²) in [5.41, 5.74) is 2.94. The van der Waals surface area contributed by atoms with E-state index >= 15 is 0 Å². The fraction of sp³-hybridized carbons (Fsp3) is 0.381. The number of benzene rings is 1. The highest BCUT2D eigenvalue weighted by atomic mass is 16.6. The van der Waals surface area contributed by atoms with Crippen molar-refractivity contribution in [2.75, 3.05) is 24.6 Å². The van der Waals surface area contributed by atoms with Crippen molar-refractivity contribution in [2.24, 2.45) is 5.41 Å². The summed E-state index contributed by atoms with van der Waals surface area (Å²) >= 11 is 0. The fourth-order valence-electron chi connectivity index (χ4n) is 4.05. The zero-order valence-corrected chi connectivity index (χ0v) is 16.5. The van der Waals surface area contributed by atoms with E-state index in [4.69, 9.17) is 4.74 Å². The lowest BCUT2D eigenvalue weighted by molar-refractivity contribution is 0.0700. The highest BCUT2D eigenvalue weighted by Gasteiger charge is 2.37. The third-order valence-electron chi connectivity index (χ3n) is 5.58. The SMILES string of the molecule is CC1(C)COC(=O)N(c2cnn3c2CN(C(=O)c2cc4ccccc4[nH]2)CC3)C1. The van der Waals surface area contributed by atoms with Gasteiger partial charge in [0.15, 0.2) is 0 Å². The molecule has 1 N–H and O–H groups in total. The first-order valence-electron chi connectivity index (χ1n) is 9.77. The number of H-pyrrole nitrogens is 1. The number of nitrogens with zero attached hydrogens (tertiary/aromatic N) is 4. The monoisotopic (exact) mass is 393 g/mol. The number of carbonyl (C=O) groups is 2. The fourth-order valence-corrected chi connectivity index (χ4v) is 4.05. The third-order valence-corrected chi connectivity index (χ3v) is 5.58. The number of nitrogens with one attached hydrogen (secondary N) is 1. The van der Waals surface area contributed by atoms with Gasteiger partial charge in [-0.1, -0.05) is 32.0 Å². The number of carbonyl (C=O) groups excluding carboxylic acids is 2. The second-order valence-corrected chi connectivity index (χ2v) is 8.50. The van der Waals surface area contributed by atoms with Gasteiger partial charge in [-0.25, -0.2) is 4.79 Å². The summed E-state index contributed by atoms with van der Waals surface area (Å²) in [4.78, 5) is 32.1. The van der Waals surface area contributed by atoms with Crippen LogP contribution in [0.4, 0.5) is 10.5 Å². The predicted octanol–water partition coefficient (Wildman–Crippen LogP) is 3.00. The Morgan fingerprint density at radius 3 is 2.90 bits per heavy atom. The number of ether oxygens (including phenoxy) is 1. The topological polar surface area (TPSA) is 83.5 Å². The number of aromatic amines is 1. The Morgan fingerprint density at radius 1 is 1.24 bits per heavy atom. The van der Waals surface area contributed by atoms with Crippen molar-refractivity contribution in [2.45, 2.75) is 26.9 Å². The maximum atomic E-state index is 13.1. The molecule has 2 amide bonds. The Morgan fingerprint density at radius 2 is 2.07 bits per heavy atom. The van der Waals surface area contributed by atoms with E-state index in [1.165, 1.54) is 0 Å². The molecule has 2 aromatic heterocycles. The van der Waals surface area contributed by atoms with E-state index in [0.29, 0.717) is 38.5 Å². The third kappa shape index (κ3) is 3.04. The van der Waals surface area contributed by atoms with E-state index in [1.54, 1.807) is 16.0 Å². The average Bonchev–Trinajstić information content (AvgIpc) is 3.33. The lowest BCUT2D eigenvalue weighted by Gasteiger charge is -2.37. The van der Waals surface area contributed by atoms with Crippen LogP contribution in [0.15, 0.2) is 36.5 Å². The predicted molar refractivity (Wildman–Crippen MR) is 108 cm³/mol. The van der Waals surface area contributed by atoms with Crippen LogP contribution in [0.3, 0.4) is 0 Å². The van der Waals surface area contributed by atoms with Gasteiger partial charge in [0.05, 0.1) is 37.3 Å². The maximum Gasteiger partial charge on any atom is 0.414 e. The number of para-hydroxylation sites is 1. The van der Waals surface area contributed by atoms with Crippen LogP contribution in [0.5, 0.6) is 0 Å². The number of rotatable bonds is 2. The normalized spacial score (nSPS) is 18.6. The van der Waals surface area contributed by atoms with Crippen LogP contribution < -0.4 is 4.90 Å². The summed E-state index contributed by atoms with van der Waals surface area (Å²) in [6.45, 7) is 6.64. The molecule has 0 aliphatic carbocycles. The number of anilines is 1. The molecule has 1 saturated heterocycles. The zero-order chi connectivity index (χ0) is 20.2. The minimum atomic E-state index is -0.362. The van der Waals surface area contributed by atoms with Gasteiger partial charge in [-0.15, -0.1) is 0 Å². The second kappa shape index (κ2) is 6.37. The van der Waals surface area contributed by atoms with Crippen LogP contribution in [0.1, 0.15) is 30.0 Å². The van der Waals surface area contributed by atoms with Crippen LogP contribution in [-0.2, 0) is 17.8 Å². The van der Waals surface area contributed by atoms with Crippen LogP contribution in [-0.4, -0.2) is 51.4 Å². The molecule has 2 aliphatic rings. The Hall–Kier alpha value is -3.29. The van der Waals surface area contributed by atoms with Crippen molar-refractivity contribution in [3.05, 3.63) is 47.9 Å². The van der Waals surface area contributed by atoms with Crippen LogP contribution >= 0.6 is 0 Å². The summed E-state index contributed by atoms with van der Waals surface area (Å²) in [6.07, 6.45) is 1.34. The molecule has 0 spiro atoms. The minimum Gasteiger partial charge on any atom is -0.449 e. The van der Waals surface area contributed by atoms with Gasteiger partial charge in [0.1, 0.15) is 5.69 Å². The summed E-state index contributed by atoms with van der Waals surface area (Å²) in [7, 11) is 0. The molecular weight excluding hydrogens is 370 g/mol. The first kappa shape index (κ1) is 17.8. The minimum absolute atomic E-state index is 0.0545. The van der Waals surface area contributed by atoms with E-state index in [-0.39, 0.29) is 17.4 Å². The quantitative estimate of drug-likeness (QED) is 0.725. The molecule has 0 unspecified atom stereocenters. The summed E-state index contributed by atoms with van der Waals surface area (Å²) in [5.74, 6) is -0.0545. The van der Waals surface area contributed by atoms with Gasteiger partial charge in [0.2, 0.25) is 0 Å². The largest absolute Gasteiger partial charge is 0.449 e. The molecule has 0 radical (unpaired) electrons. The van der Waals surface area contributed by atoms with E-state index in [2.05, 4.69) is 23.9 Å². The maximum absolute atomic E-state index is 13.1. The molecule has 0 saturated carbocycles. The second-order valence-electron chi connectivity index (χ2n) is 8.50. The van der Waals surface area contributed by atoms with Crippen molar-refractivity contribution in [3.8, 4) is 0 Å². The smallest absolute Gasteiger partial charge is 0.414 e. The highest BCUT2D eigenvalue weighted by molar-refractivity contribution is 5.98. The van der Waals surface area contributed by atoms with Gasteiger partial charge in [-0.3, -0.25) is 14.4 Å². The summed E-state index contributed by atoms with van der Waals surface area (Å²) in [6, 6.07) is 9.72. The summed E-state index contributed by atoms with van der Waals surface area (Å²) in [5, 5.41) is 5.45. The number of hydrogen-bond acceptors (Lipinski definition) is 4. The molecule has 8 nitrogen and oxygen atoms in total.